The molecule has 0 fully saturated rings. The number of Topliss-reactive ketones (excluding diaryl/α,β-unsaturated/α-hetero) is 1. The lowest BCUT2D eigenvalue weighted by Gasteiger charge is -1.93. The first-order valence-corrected chi connectivity index (χ1v) is 5.46. The van der Waals surface area contributed by atoms with E-state index in [1.165, 1.54) is 18.3 Å². The van der Waals surface area contributed by atoms with E-state index in [2.05, 4.69) is 0 Å². The number of carbonyl (C=O) groups excluding carboxylic acids is 1. The second-order valence-corrected chi connectivity index (χ2v) is 4.39. The van der Waals surface area contributed by atoms with Crippen molar-refractivity contribution in [3.63, 3.8) is 0 Å². The third kappa shape index (κ3) is 1.92. The zero-order valence-corrected chi connectivity index (χ0v) is 9.17. The van der Waals surface area contributed by atoms with Gasteiger partial charge in [-0.1, -0.05) is 30.3 Å². The molecule has 2 rings (SSSR count). The minimum absolute atomic E-state index is 0.0194. The number of carbonyl (C=O) groups is 1. The Morgan fingerprint density at radius 2 is 1.93 bits per heavy atom. The summed E-state index contributed by atoms with van der Waals surface area (Å²) < 4.78 is 0. The predicted octanol–water partition coefficient (Wildman–Crippen LogP) is 3.20. The van der Waals surface area contributed by atoms with Crippen molar-refractivity contribution in [1.29, 1.82) is 0 Å². The SMILES string of the molecule is CC(=O)c1cc(-c2ccccc2)sc1N. The lowest BCUT2D eigenvalue weighted by molar-refractivity contribution is 0.101. The fourth-order valence-corrected chi connectivity index (χ4v) is 2.41. The molecule has 2 nitrogen and oxygen atoms in total. The molecule has 0 atom stereocenters. The Labute approximate surface area is 92.4 Å². The van der Waals surface area contributed by atoms with Crippen LogP contribution in [0.3, 0.4) is 0 Å². The van der Waals surface area contributed by atoms with E-state index in [9.17, 15) is 4.79 Å². The Bertz CT molecular complexity index is 488. The van der Waals surface area contributed by atoms with Crippen LogP contribution < -0.4 is 5.73 Å². The summed E-state index contributed by atoms with van der Waals surface area (Å²) in [5, 5.41) is 0.598. The maximum atomic E-state index is 11.2. The van der Waals surface area contributed by atoms with Crippen LogP contribution in [0.4, 0.5) is 5.00 Å². The van der Waals surface area contributed by atoms with Gasteiger partial charge in [0.05, 0.1) is 10.6 Å². The third-order valence-electron chi connectivity index (χ3n) is 2.20. The molecule has 2 N–H and O–H groups in total. The van der Waals surface area contributed by atoms with E-state index < -0.39 is 0 Å². The molecule has 15 heavy (non-hydrogen) atoms. The molecule has 0 unspecified atom stereocenters. The summed E-state index contributed by atoms with van der Waals surface area (Å²) in [4.78, 5) is 12.3. The molecule has 0 aliphatic heterocycles. The van der Waals surface area contributed by atoms with Gasteiger partial charge in [-0.2, -0.15) is 0 Å². The zero-order valence-electron chi connectivity index (χ0n) is 8.36. The number of thiophene rings is 1. The Morgan fingerprint density at radius 3 is 2.47 bits per heavy atom. The van der Waals surface area contributed by atoms with E-state index in [-0.39, 0.29) is 5.78 Å². The summed E-state index contributed by atoms with van der Waals surface area (Å²) in [6, 6.07) is 11.8. The number of nitrogens with two attached hydrogens (primary N) is 1. The molecule has 1 aromatic heterocycles. The largest absolute Gasteiger partial charge is 0.390 e. The van der Waals surface area contributed by atoms with Crippen LogP contribution in [-0.4, -0.2) is 5.78 Å². The molecular weight excluding hydrogens is 206 g/mol. The fraction of sp³-hybridized carbons (Fsp3) is 0.0833. The van der Waals surface area contributed by atoms with Crippen molar-refractivity contribution in [2.45, 2.75) is 6.92 Å². The number of benzene rings is 1. The van der Waals surface area contributed by atoms with Gasteiger partial charge in [0, 0.05) is 4.88 Å². The van der Waals surface area contributed by atoms with Crippen LogP contribution in [-0.2, 0) is 0 Å². The Morgan fingerprint density at radius 1 is 1.27 bits per heavy atom. The van der Waals surface area contributed by atoms with E-state index in [4.69, 9.17) is 5.73 Å². The van der Waals surface area contributed by atoms with E-state index in [1.54, 1.807) is 0 Å². The number of nitrogen functional groups attached to an aromatic ring is 1. The van der Waals surface area contributed by atoms with Gasteiger partial charge in [0.15, 0.2) is 5.78 Å². The summed E-state index contributed by atoms with van der Waals surface area (Å²) in [6.07, 6.45) is 0. The highest BCUT2D eigenvalue weighted by Crippen LogP contribution is 2.33. The van der Waals surface area contributed by atoms with E-state index in [1.807, 2.05) is 36.4 Å². The second kappa shape index (κ2) is 3.87. The molecule has 0 radical (unpaired) electrons. The lowest BCUT2D eigenvalue weighted by atomic mass is 10.1. The molecule has 76 valence electrons. The van der Waals surface area contributed by atoms with Crippen molar-refractivity contribution >= 4 is 22.1 Å². The van der Waals surface area contributed by atoms with E-state index >= 15 is 0 Å². The molecule has 1 heterocycles. The lowest BCUT2D eigenvalue weighted by Crippen LogP contribution is -1.93. The van der Waals surface area contributed by atoms with Gasteiger partial charge in [0.1, 0.15) is 0 Å². The van der Waals surface area contributed by atoms with Crippen molar-refractivity contribution in [2.24, 2.45) is 0 Å². The third-order valence-corrected chi connectivity index (χ3v) is 3.21. The van der Waals surface area contributed by atoms with Gasteiger partial charge in [-0.15, -0.1) is 11.3 Å². The van der Waals surface area contributed by atoms with Crippen molar-refractivity contribution in [3.05, 3.63) is 42.0 Å². The normalized spacial score (nSPS) is 10.2. The van der Waals surface area contributed by atoms with Gasteiger partial charge in [0.25, 0.3) is 0 Å². The van der Waals surface area contributed by atoms with E-state index in [0.29, 0.717) is 10.6 Å². The first kappa shape index (κ1) is 9.93. The van der Waals surface area contributed by atoms with Gasteiger partial charge in [-0.05, 0) is 18.6 Å². The average Bonchev–Trinajstić information content (AvgIpc) is 2.62. The molecule has 1 aromatic carbocycles. The van der Waals surface area contributed by atoms with Crippen molar-refractivity contribution in [3.8, 4) is 10.4 Å². The van der Waals surface area contributed by atoms with Crippen LogP contribution in [0.1, 0.15) is 17.3 Å². The van der Waals surface area contributed by atoms with Crippen LogP contribution in [0.5, 0.6) is 0 Å². The van der Waals surface area contributed by atoms with Crippen LogP contribution >= 0.6 is 11.3 Å². The smallest absolute Gasteiger partial charge is 0.162 e. The number of hydrogen-bond acceptors (Lipinski definition) is 3. The molecular formula is C12H11NOS. The topological polar surface area (TPSA) is 43.1 Å². The minimum atomic E-state index is 0.0194. The Hall–Kier alpha value is -1.61. The number of rotatable bonds is 2. The maximum absolute atomic E-state index is 11.2. The number of anilines is 1. The highest BCUT2D eigenvalue weighted by atomic mass is 32.1. The molecule has 0 saturated heterocycles. The molecule has 2 aromatic rings. The minimum Gasteiger partial charge on any atom is -0.390 e. The summed E-state index contributed by atoms with van der Waals surface area (Å²) in [5.41, 5.74) is 7.50. The number of ketones is 1. The summed E-state index contributed by atoms with van der Waals surface area (Å²) in [7, 11) is 0. The molecule has 0 aliphatic rings. The molecule has 0 amide bonds. The van der Waals surface area contributed by atoms with Crippen LogP contribution in [0, 0.1) is 0 Å². The summed E-state index contributed by atoms with van der Waals surface area (Å²) in [6.45, 7) is 1.53. The van der Waals surface area contributed by atoms with Gasteiger partial charge < -0.3 is 5.73 Å². The standard InChI is InChI=1S/C12H11NOS/c1-8(14)10-7-11(15-12(10)13)9-5-3-2-4-6-9/h2-7H,13H2,1H3. The first-order chi connectivity index (χ1) is 7.18. The van der Waals surface area contributed by atoms with Crippen LogP contribution in [0.25, 0.3) is 10.4 Å². The van der Waals surface area contributed by atoms with Crippen molar-refractivity contribution in [1.82, 2.24) is 0 Å². The monoisotopic (exact) mass is 217 g/mol. The molecule has 0 saturated carbocycles. The predicted molar refractivity (Wildman–Crippen MR) is 64.2 cm³/mol. The second-order valence-electron chi connectivity index (χ2n) is 3.31. The quantitative estimate of drug-likeness (QED) is 0.785. The van der Waals surface area contributed by atoms with Crippen molar-refractivity contribution in [2.75, 3.05) is 5.73 Å². The Balaban J connectivity index is 2.48. The zero-order chi connectivity index (χ0) is 10.8. The molecule has 0 aliphatic carbocycles. The van der Waals surface area contributed by atoms with Gasteiger partial charge in [-0.25, -0.2) is 0 Å². The van der Waals surface area contributed by atoms with Gasteiger partial charge in [-0.3, -0.25) is 4.79 Å². The summed E-state index contributed by atoms with van der Waals surface area (Å²) in [5.74, 6) is 0.0194. The summed E-state index contributed by atoms with van der Waals surface area (Å²) >= 11 is 1.45. The Kier molecular flexibility index (Phi) is 2.56. The average molecular weight is 217 g/mol. The molecule has 3 heteroatoms. The highest BCUT2D eigenvalue weighted by molar-refractivity contribution is 7.19. The first-order valence-electron chi connectivity index (χ1n) is 4.64. The maximum Gasteiger partial charge on any atom is 0.162 e. The van der Waals surface area contributed by atoms with Crippen LogP contribution in [0.2, 0.25) is 0 Å². The molecule has 0 bridgehead atoms. The molecule has 0 spiro atoms. The highest BCUT2D eigenvalue weighted by Gasteiger charge is 2.10. The van der Waals surface area contributed by atoms with Gasteiger partial charge in [0.2, 0.25) is 0 Å². The van der Waals surface area contributed by atoms with Crippen LogP contribution in [0.15, 0.2) is 36.4 Å². The van der Waals surface area contributed by atoms with E-state index in [0.717, 1.165) is 10.4 Å². The van der Waals surface area contributed by atoms with Gasteiger partial charge >= 0.3 is 0 Å². The fourth-order valence-electron chi connectivity index (χ4n) is 1.42. The number of hydrogen-bond donors (Lipinski definition) is 1. The van der Waals surface area contributed by atoms with Crippen molar-refractivity contribution < 1.29 is 4.79 Å².